The Morgan fingerprint density at radius 1 is 0.935 bits per heavy atom. The van der Waals surface area contributed by atoms with Crippen molar-refractivity contribution < 1.29 is 4.74 Å². The summed E-state index contributed by atoms with van der Waals surface area (Å²) in [6.45, 7) is 4.57. The van der Waals surface area contributed by atoms with Gasteiger partial charge in [0, 0.05) is 16.8 Å². The van der Waals surface area contributed by atoms with Crippen LogP contribution in [0.5, 0.6) is 0 Å². The molecule has 0 unspecified atom stereocenters. The number of nitrogens with zero attached hydrogens (tertiary/aromatic N) is 4. The number of rotatable bonds is 6. The van der Waals surface area contributed by atoms with Crippen LogP contribution in [0, 0.1) is 6.92 Å². The molecule has 31 heavy (non-hydrogen) atoms. The molecule has 6 heteroatoms. The number of aromatic nitrogens is 3. The first-order valence-corrected chi connectivity index (χ1v) is 11.4. The van der Waals surface area contributed by atoms with Gasteiger partial charge in [-0.1, -0.05) is 59.8 Å². The van der Waals surface area contributed by atoms with Gasteiger partial charge in [-0.3, -0.25) is 4.57 Å². The number of aliphatic imine (C=N–C) groups is 1. The lowest BCUT2D eigenvalue weighted by atomic mass is 10.1. The minimum absolute atomic E-state index is 0.534. The highest BCUT2D eigenvalue weighted by molar-refractivity contribution is 7.98. The van der Waals surface area contributed by atoms with Crippen LogP contribution < -0.4 is 0 Å². The monoisotopic (exact) mass is 428 g/mol. The molecule has 0 fully saturated rings. The molecule has 0 aliphatic rings. The Bertz CT molecular complexity index is 1180. The van der Waals surface area contributed by atoms with Crippen molar-refractivity contribution in [1.29, 1.82) is 0 Å². The van der Waals surface area contributed by atoms with Crippen LogP contribution in [0.2, 0.25) is 0 Å². The summed E-state index contributed by atoms with van der Waals surface area (Å²) in [5.74, 6) is 1.33. The quantitative estimate of drug-likeness (QED) is 0.212. The third kappa shape index (κ3) is 4.54. The number of hydrogen-bond acceptors (Lipinski definition) is 5. The van der Waals surface area contributed by atoms with Crippen molar-refractivity contribution in [2.24, 2.45) is 4.99 Å². The molecule has 4 aromatic rings. The smallest absolute Gasteiger partial charge is 0.221 e. The second-order valence-electron chi connectivity index (χ2n) is 6.91. The highest BCUT2D eigenvalue weighted by atomic mass is 32.2. The maximum absolute atomic E-state index is 5.88. The summed E-state index contributed by atoms with van der Waals surface area (Å²) < 4.78 is 7.95. The van der Waals surface area contributed by atoms with E-state index in [0.717, 1.165) is 33.5 Å². The SMILES string of the molecule is CCOC(=Nc1ccccc1-c1nnc(SC)n1-c1ccc(C)cc1)c1ccccc1. The van der Waals surface area contributed by atoms with Gasteiger partial charge in [-0.15, -0.1) is 10.2 Å². The predicted molar refractivity (Wildman–Crippen MR) is 128 cm³/mol. The van der Waals surface area contributed by atoms with Gasteiger partial charge < -0.3 is 4.74 Å². The van der Waals surface area contributed by atoms with Gasteiger partial charge in [0.15, 0.2) is 11.0 Å². The number of thioether (sulfide) groups is 1. The molecule has 0 aliphatic heterocycles. The normalized spacial score (nSPS) is 11.5. The minimum atomic E-state index is 0.534. The van der Waals surface area contributed by atoms with Gasteiger partial charge in [0.1, 0.15) is 0 Å². The Hall–Kier alpha value is -3.38. The Balaban J connectivity index is 1.87. The Morgan fingerprint density at radius 2 is 1.65 bits per heavy atom. The van der Waals surface area contributed by atoms with Crippen LogP contribution in [-0.4, -0.2) is 33.5 Å². The minimum Gasteiger partial charge on any atom is -0.478 e. The summed E-state index contributed by atoms with van der Waals surface area (Å²) in [5.41, 5.74) is 4.83. The Labute approximate surface area is 186 Å². The first kappa shape index (κ1) is 20.9. The summed E-state index contributed by atoms with van der Waals surface area (Å²) in [7, 11) is 0. The molecule has 0 N–H and O–H groups in total. The molecule has 0 saturated heterocycles. The highest BCUT2D eigenvalue weighted by Gasteiger charge is 2.18. The first-order chi connectivity index (χ1) is 15.2. The van der Waals surface area contributed by atoms with E-state index in [1.54, 1.807) is 11.8 Å². The third-order valence-electron chi connectivity index (χ3n) is 4.78. The van der Waals surface area contributed by atoms with Gasteiger partial charge in [-0.05, 0) is 56.5 Å². The zero-order valence-electron chi connectivity index (χ0n) is 17.8. The van der Waals surface area contributed by atoms with Gasteiger partial charge >= 0.3 is 0 Å². The van der Waals surface area contributed by atoms with Crippen molar-refractivity contribution in [3.05, 3.63) is 90.0 Å². The fraction of sp³-hybridized carbons (Fsp3) is 0.160. The molecule has 0 atom stereocenters. The predicted octanol–water partition coefficient (Wildman–Crippen LogP) is 6.08. The topological polar surface area (TPSA) is 52.3 Å². The summed E-state index contributed by atoms with van der Waals surface area (Å²) in [6.07, 6.45) is 2.01. The number of para-hydroxylation sites is 1. The van der Waals surface area contributed by atoms with E-state index in [1.165, 1.54) is 5.56 Å². The molecule has 0 saturated carbocycles. The Kier molecular flexibility index (Phi) is 6.48. The summed E-state index contributed by atoms with van der Waals surface area (Å²) in [6, 6.07) is 26.3. The molecule has 0 aliphatic carbocycles. The van der Waals surface area contributed by atoms with E-state index >= 15 is 0 Å². The molecule has 0 amide bonds. The highest BCUT2D eigenvalue weighted by Crippen LogP contribution is 2.33. The zero-order chi connectivity index (χ0) is 21.6. The van der Waals surface area contributed by atoms with E-state index in [1.807, 2.05) is 67.8 Å². The van der Waals surface area contributed by atoms with Gasteiger partial charge in [-0.2, -0.15) is 0 Å². The molecule has 0 radical (unpaired) electrons. The molecule has 0 spiro atoms. The second-order valence-corrected chi connectivity index (χ2v) is 7.69. The van der Waals surface area contributed by atoms with E-state index in [-0.39, 0.29) is 0 Å². The molecule has 1 aromatic heterocycles. The van der Waals surface area contributed by atoms with E-state index in [9.17, 15) is 0 Å². The third-order valence-corrected chi connectivity index (χ3v) is 5.41. The molecule has 1 heterocycles. The van der Waals surface area contributed by atoms with Gasteiger partial charge in [0.05, 0.1) is 12.3 Å². The summed E-state index contributed by atoms with van der Waals surface area (Å²) >= 11 is 1.56. The molecule has 5 nitrogen and oxygen atoms in total. The molecular weight excluding hydrogens is 404 g/mol. The summed E-state index contributed by atoms with van der Waals surface area (Å²) in [5, 5.41) is 9.77. The lowest BCUT2D eigenvalue weighted by Crippen LogP contribution is -2.06. The average molecular weight is 429 g/mol. The lowest BCUT2D eigenvalue weighted by molar-refractivity contribution is 0.329. The molecule has 156 valence electrons. The van der Waals surface area contributed by atoms with Crippen molar-refractivity contribution in [1.82, 2.24) is 14.8 Å². The van der Waals surface area contributed by atoms with E-state index in [4.69, 9.17) is 9.73 Å². The van der Waals surface area contributed by atoms with Gasteiger partial charge in [-0.25, -0.2) is 4.99 Å². The second kappa shape index (κ2) is 9.62. The van der Waals surface area contributed by atoms with E-state index in [0.29, 0.717) is 12.5 Å². The maximum Gasteiger partial charge on any atom is 0.221 e. The fourth-order valence-electron chi connectivity index (χ4n) is 3.27. The van der Waals surface area contributed by atoms with Crippen LogP contribution in [-0.2, 0) is 4.74 Å². The van der Waals surface area contributed by atoms with Crippen molar-refractivity contribution >= 4 is 23.3 Å². The van der Waals surface area contributed by atoms with Crippen LogP contribution in [0.25, 0.3) is 17.1 Å². The van der Waals surface area contributed by atoms with Gasteiger partial charge in [0.2, 0.25) is 5.90 Å². The van der Waals surface area contributed by atoms with Crippen LogP contribution in [0.4, 0.5) is 5.69 Å². The van der Waals surface area contributed by atoms with E-state index in [2.05, 4.69) is 46.0 Å². The molecule has 3 aromatic carbocycles. The van der Waals surface area contributed by atoms with Crippen molar-refractivity contribution in [3.8, 4) is 17.1 Å². The maximum atomic E-state index is 5.88. The van der Waals surface area contributed by atoms with Crippen LogP contribution >= 0.6 is 11.8 Å². The summed E-state index contributed by atoms with van der Waals surface area (Å²) in [4.78, 5) is 4.89. The van der Waals surface area contributed by atoms with Crippen molar-refractivity contribution in [3.63, 3.8) is 0 Å². The van der Waals surface area contributed by atoms with Crippen LogP contribution in [0.3, 0.4) is 0 Å². The van der Waals surface area contributed by atoms with Crippen LogP contribution in [0.1, 0.15) is 18.1 Å². The van der Waals surface area contributed by atoms with Gasteiger partial charge in [0.25, 0.3) is 0 Å². The number of aryl methyl sites for hydroxylation is 1. The lowest BCUT2D eigenvalue weighted by Gasteiger charge is -2.12. The zero-order valence-corrected chi connectivity index (χ0v) is 18.6. The Morgan fingerprint density at radius 3 is 2.35 bits per heavy atom. The standard InChI is InChI=1S/C25H24N4OS/c1-4-30-24(19-10-6-5-7-11-19)26-22-13-9-8-12-21(22)23-27-28-25(31-3)29(23)20-16-14-18(2)15-17-20/h5-17H,4H2,1-3H3. The number of hydrogen-bond donors (Lipinski definition) is 0. The molecule has 4 rings (SSSR count). The number of benzene rings is 3. The van der Waals surface area contributed by atoms with E-state index < -0.39 is 0 Å². The fourth-order valence-corrected chi connectivity index (χ4v) is 3.77. The largest absolute Gasteiger partial charge is 0.478 e. The number of ether oxygens (including phenoxy) is 1. The van der Waals surface area contributed by atoms with Crippen molar-refractivity contribution in [2.75, 3.05) is 12.9 Å². The molecular formula is C25H24N4OS. The average Bonchev–Trinajstić information content (AvgIpc) is 3.24. The van der Waals surface area contributed by atoms with Crippen LogP contribution in [0.15, 0.2) is 89.0 Å². The first-order valence-electron chi connectivity index (χ1n) is 10.1. The van der Waals surface area contributed by atoms with Crippen molar-refractivity contribution in [2.45, 2.75) is 19.0 Å². The molecule has 0 bridgehead atoms.